The highest BCUT2D eigenvalue weighted by molar-refractivity contribution is 6.01. The first-order valence-electron chi connectivity index (χ1n) is 5.74. The monoisotopic (exact) mass is 232 g/mol. The number of Topliss-reactive ketones (excluding diaryl/α,β-unsaturated/α-hetero) is 1. The minimum atomic E-state index is -0.516. The van der Waals surface area contributed by atoms with Gasteiger partial charge in [0.25, 0.3) is 0 Å². The molecule has 1 fully saturated rings. The number of fused-ring (bicyclic) bond motifs is 1. The van der Waals surface area contributed by atoms with Crippen molar-refractivity contribution in [3.8, 4) is 5.75 Å². The lowest BCUT2D eigenvalue weighted by Gasteiger charge is -2.13. The van der Waals surface area contributed by atoms with Gasteiger partial charge >= 0.3 is 5.97 Å². The number of ether oxygens (including phenoxy) is 2. The Morgan fingerprint density at radius 3 is 2.88 bits per heavy atom. The Kier molecular flexibility index (Phi) is 2.35. The molecule has 1 heterocycles. The summed E-state index contributed by atoms with van der Waals surface area (Å²) in [6, 6.07) is 5.41. The molecule has 1 aliphatic heterocycles. The molecule has 0 radical (unpaired) electrons. The van der Waals surface area contributed by atoms with Gasteiger partial charge in [-0.05, 0) is 12.5 Å². The molecule has 1 aliphatic carbocycles. The van der Waals surface area contributed by atoms with Crippen molar-refractivity contribution in [1.82, 2.24) is 0 Å². The summed E-state index contributed by atoms with van der Waals surface area (Å²) >= 11 is 0. The van der Waals surface area contributed by atoms with Gasteiger partial charge in [-0.1, -0.05) is 12.1 Å². The number of hydrogen-bond donors (Lipinski definition) is 0. The SMILES string of the molecule is O=C1CCc2c(OC3CCOC3=O)cccc21. The maximum atomic E-state index is 11.6. The second kappa shape index (κ2) is 3.87. The average Bonchev–Trinajstić information content (AvgIpc) is 2.89. The third-order valence-corrected chi connectivity index (χ3v) is 3.19. The van der Waals surface area contributed by atoms with Crippen molar-refractivity contribution in [2.45, 2.75) is 25.4 Å². The van der Waals surface area contributed by atoms with Crippen molar-refractivity contribution in [2.24, 2.45) is 0 Å². The van der Waals surface area contributed by atoms with Crippen molar-refractivity contribution in [3.63, 3.8) is 0 Å². The molecule has 1 aromatic rings. The lowest BCUT2D eigenvalue weighted by Crippen LogP contribution is -2.22. The molecule has 1 saturated heterocycles. The summed E-state index contributed by atoms with van der Waals surface area (Å²) < 4.78 is 10.5. The fraction of sp³-hybridized carbons (Fsp3) is 0.385. The largest absolute Gasteiger partial charge is 0.478 e. The van der Waals surface area contributed by atoms with Crippen LogP contribution in [0.5, 0.6) is 5.75 Å². The fourth-order valence-corrected chi connectivity index (χ4v) is 2.31. The first-order chi connectivity index (χ1) is 8.25. The van der Waals surface area contributed by atoms with Crippen LogP contribution < -0.4 is 4.74 Å². The number of carbonyl (C=O) groups excluding carboxylic acids is 2. The Labute approximate surface area is 98.5 Å². The quantitative estimate of drug-likeness (QED) is 0.725. The molecule has 1 unspecified atom stereocenters. The van der Waals surface area contributed by atoms with Gasteiger partial charge in [-0.2, -0.15) is 0 Å². The van der Waals surface area contributed by atoms with Crippen LogP contribution in [0.1, 0.15) is 28.8 Å². The second-order valence-corrected chi connectivity index (χ2v) is 4.27. The molecule has 0 spiro atoms. The third-order valence-electron chi connectivity index (χ3n) is 3.19. The summed E-state index contributed by atoms with van der Waals surface area (Å²) in [4.78, 5) is 22.9. The van der Waals surface area contributed by atoms with Crippen LogP contribution in [0.4, 0.5) is 0 Å². The number of ketones is 1. The second-order valence-electron chi connectivity index (χ2n) is 4.27. The fourth-order valence-electron chi connectivity index (χ4n) is 2.31. The zero-order valence-electron chi connectivity index (χ0n) is 9.27. The van der Waals surface area contributed by atoms with Crippen molar-refractivity contribution in [3.05, 3.63) is 29.3 Å². The lowest BCUT2D eigenvalue weighted by atomic mass is 10.1. The summed E-state index contributed by atoms with van der Waals surface area (Å²) in [5.74, 6) is 0.489. The lowest BCUT2D eigenvalue weighted by molar-refractivity contribution is -0.143. The molecule has 0 saturated carbocycles. The van der Waals surface area contributed by atoms with Gasteiger partial charge in [-0.25, -0.2) is 4.79 Å². The van der Waals surface area contributed by atoms with E-state index < -0.39 is 6.10 Å². The minimum absolute atomic E-state index is 0.152. The van der Waals surface area contributed by atoms with E-state index in [1.165, 1.54) is 0 Å². The van der Waals surface area contributed by atoms with Crippen LogP contribution >= 0.6 is 0 Å². The predicted octanol–water partition coefficient (Wildman–Crippen LogP) is 1.51. The highest BCUT2D eigenvalue weighted by Crippen LogP contribution is 2.31. The van der Waals surface area contributed by atoms with Gasteiger partial charge in [-0.3, -0.25) is 4.79 Å². The van der Waals surface area contributed by atoms with E-state index in [0.717, 1.165) is 11.1 Å². The zero-order valence-corrected chi connectivity index (χ0v) is 9.27. The van der Waals surface area contributed by atoms with Crippen molar-refractivity contribution < 1.29 is 19.1 Å². The molecule has 2 aliphatic rings. The van der Waals surface area contributed by atoms with Crippen LogP contribution in [-0.2, 0) is 16.0 Å². The number of benzene rings is 1. The molecular formula is C13H12O4. The molecule has 0 aromatic heterocycles. The highest BCUT2D eigenvalue weighted by atomic mass is 16.6. The Hall–Kier alpha value is -1.84. The van der Waals surface area contributed by atoms with E-state index in [9.17, 15) is 9.59 Å². The van der Waals surface area contributed by atoms with Crippen LogP contribution in [-0.4, -0.2) is 24.5 Å². The molecule has 1 atom stereocenters. The Morgan fingerprint density at radius 1 is 1.24 bits per heavy atom. The van der Waals surface area contributed by atoms with E-state index in [1.807, 2.05) is 12.1 Å². The summed E-state index contributed by atoms with van der Waals surface area (Å²) in [6.07, 6.45) is 1.30. The van der Waals surface area contributed by atoms with Crippen molar-refractivity contribution in [2.75, 3.05) is 6.61 Å². The van der Waals surface area contributed by atoms with Crippen LogP contribution in [0.15, 0.2) is 18.2 Å². The van der Waals surface area contributed by atoms with E-state index >= 15 is 0 Å². The molecule has 17 heavy (non-hydrogen) atoms. The molecule has 4 nitrogen and oxygen atoms in total. The van der Waals surface area contributed by atoms with Gasteiger partial charge in [0.15, 0.2) is 11.9 Å². The van der Waals surface area contributed by atoms with Crippen LogP contribution in [0, 0.1) is 0 Å². The van der Waals surface area contributed by atoms with Crippen molar-refractivity contribution in [1.29, 1.82) is 0 Å². The number of cyclic esters (lactones) is 1. The highest BCUT2D eigenvalue weighted by Gasteiger charge is 2.30. The van der Waals surface area contributed by atoms with Gasteiger partial charge in [0.1, 0.15) is 5.75 Å². The summed E-state index contributed by atoms with van der Waals surface area (Å²) in [5.41, 5.74) is 1.66. The van der Waals surface area contributed by atoms with Gasteiger partial charge < -0.3 is 9.47 Å². The normalized spacial score (nSPS) is 22.5. The predicted molar refractivity (Wildman–Crippen MR) is 59.1 cm³/mol. The minimum Gasteiger partial charge on any atom is -0.478 e. The molecule has 4 heteroatoms. The van der Waals surface area contributed by atoms with E-state index in [2.05, 4.69) is 0 Å². The number of esters is 1. The molecule has 1 aromatic carbocycles. The van der Waals surface area contributed by atoms with E-state index in [1.54, 1.807) is 6.07 Å². The van der Waals surface area contributed by atoms with E-state index in [-0.39, 0.29) is 11.8 Å². The van der Waals surface area contributed by atoms with Crippen LogP contribution in [0.3, 0.4) is 0 Å². The van der Waals surface area contributed by atoms with Gasteiger partial charge in [0.2, 0.25) is 0 Å². The zero-order chi connectivity index (χ0) is 11.8. The first-order valence-corrected chi connectivity index (χ1v) is 5.74. The van der Waals surface area contributed by atoms with Gasteiger partial charge in [0, 0.05) is 24.0 Å². The summed E-state index contributed by atoms with van der Waals surface area (Å²) in [6.45, 7) is 0.414. The van der Waals surface area contributed by atoms with Crippen LogP contribution in [0.25, 0.3) is 0 Å². The maximum Gasteiger partial charge on any atom is 0.347 e. The Morgan fingerprint density at radius 2 is 2.12 bits per heavy atom. The maximum absolute atomic E-state index is 11.6. The van der Waals surface area contributed by atoms with Gasteiger partial charge in [0.05, 0.1) is 6.61 Å². The van der Waals surface area contributed by atoms with Crippen LogP contribution in [0.2, 0.25) is 0 Å². The Bertz CT molecular complexity index is 492. The molecule has 88 valence electrons. The Balaban J connectivity index is 1.89. The molecule has 0 amide bonds. The third kappa shape index (κ3) is 1.69. The summed E-state index contributed by atoms with van der Waals surface area (Å²) in [5, 5.41) is 0. The molecule has 0 N–H and O–H groups in total. The number of carbonyl (C=O) groups is 2. The first kappa shape index (κ1) is 10.3. The van der Waals surface area contributed by atoms with E-state index in [4.69, 9.17) is 9.47 Å². The number of hydrogen-bond acceptors (Lipinski definition) is 4. The molecule has 3 rings (SSSR count). The van der Waals surface area contributed by atoms with Crippen molar-refractivity contribution >= 4 is 11.8 Å². The average molecular weight is 232 g/mol. The number of rotatable bonds is 2. The molecule has 0 bridgehead atoms. The van der Waals surface area contributed by atoms with Gasteiger partial charge in [-0.15, -0.1) is 0 Å². The summed E-state index contributed by atoms with van der Waals surface area (Å²) in [7, 11) is 0. The van der Waals surface area contributed by atoms with E-state index in [0.29, 0.717) is 31.6 Å². The smallest absolute Gasteiger partial charge is 0.347 e. The molecular weight excluding hydrogens is 220 g/mol. The topological polar surface area (TPSA) is 52.6 Å². The standard InChI is InChI=1S/C13H12O4/c14-10-5-4-9-8(10)2-1-3-11(9)17-12-6-7-16-13(12)15/h1-3,12H,4-7H2.